The number of likely N-dealkylation sites (N-methyl/N-ethyl adjacent to an activating group) is 1. The number of esters is 1. The predicted molar refractivity (Wildman–Crippen MR) is 75.4 cm³/mol. The second kappa shape index (κ2) is 6.00. The van der Waals surface area contributed by atoms with Crippen LogP contribution in [0.5, 0.6) is 0 Å². The van der Waals surface area contributed by atoms with Gasteiger partial charge < -0.3 is 4.74 Å². The van der Waals surface area contributed by atoms with Gasteiger partial charge in [0.15, 0.2) is 0 Å². The van der Waals surface area contributed by atoms with Gasteiger partial charge in [0.1, 0.15) is 0 Å². The number of carbonyl (C=O) groups excluding carboxylic acids is 1. The molecule has 0 aromatic carbocycles. The van der Waals surface area contributed by atoms with Crippen molar-refractivity contribution in [3.8, 4) is 0 Å². The highest BCUT2D eigenvalue weighted by Gasteiger charge is 2.11. The van der Waals surface area contributed by atoms with Crippen LogP contribution in [0.3, 0.4) is 0 Å². The molecule has 2 heterocycles. The van der Waals surface area contributed by atoms with E-state index < -0.39 is 0 Å². The molecule has 0 saturated heterocycles. The van der Waals surface area contributed by atoms with Gasteiger partial charge in [-0.15, -0.1) is 0 Å². The lowest BCUT2D eigenvalue weighted by Gasteiger charge is -2.13. The molecule has 0 aliphatic carbocycles. The van der Waals surface area contributed by atoms with Gasteiger partial charge in [0.25, 0.3) is 0 Å². The number of nitrogens with zero attached hydrogens (tertiary/aromatic N) is 4. The smallest absolute Gasteiger partial charge is 0.320 e. The summed E-state index contributed by atoms with van der Waals surface area (Å²) in [5, 5.41) is 0. The average molecular weight is 276 g/mol. The van der Waals surface area contributed by atoms with Gasteiger partial charge >= 0.3 is 5.97 Å². The van der Waals surface area contributed by atoms with Crippen molar-refractivity contribution in [1.29, 1.82) is 0 Å². The highest BCUT2D eigenvalue weighted by atomic mass is 16.5. The third-order valence-electron chi connectivity index (χ3n) is 2.95. The van der Waals surface area contributed by atoms with Crippen molar-refractivity contribution in [2.75, 3.05) is 20.2 Å². The molecule has 0 spiro atoms. The zero-order valence-electron chi connectivity index (χ0n) is 12.4. The van der Waals surface area contributed by atoms with Gasteiger partial charge in [-0.3, -0.25) is 14.1 Å². The van der Waals surface area contributed by atoms with Crippen LogP contribution in [0.1, 0.15) is 24.0 Å². The first kappa shape index (κ1) is 14.5. The molecule has 0 radical (unpaired) electrons. The van der Waals surface area contributed by atoms with Crippen LogP contribution in [0.15, 0.2) is 12.3 Å². The second-order valence-corrected chi connectivity index (χ2v) is 4.92. The number of aryl methyl sites for hydroxylation is 2. The van der Waals surface area contributed by atoms with E-state index in [1.165, 1.54) is 0 Å². The van der Waals surface area contributed by atoms with Crippen LogP contribution in [-0.4, -0.2) is 45.4 Å². The van der Waals surface area contributed by atoms with Crippen LogP contribution in [0.2, 0.25) is 0 Å². The Balaban J connectivity index is 2.10. The lowest BCUT2D eigenvalue weighted by molar-refractivity contribution is -0.144. The summed E-state index contributed by atoms with van der Waals surface area (Å²) >= 11 is 0. The highest BCUT2D eigenvalue weighted by Crippen LogP contribution is 2.09. The van der Waals surface area contributed by atoms with E-state index in [1.54, 1.807) is 6.92 Å². The number of ether oxygens (including phenoxy) is 1. The lowest BCUT2D eigenvalue weighted by atomic mass is 10.3. The molecule has 0 atom stereocenters. The van der Waals surface area contributed by atoms with Gasteiger partial charge in [-0.1, -0.05) is 0 Å². The van der Waals surface area contributed by atoms with Gasteiger partial charge in [0.05, 0.1) is 18.8 Å². The summed E-state index contributed by atoms with van der Waals surface area (Å²) < 4.78 is 6.88. The van der Waals surface area contributed by atoms with Crippen molar-refractivity contribution in [3.63, 3.8) is 0 Å². The van der Waals surface area contributed by atoms with E-state index in [1.807, 2.05) is 42.5 Å². The van der Waals surface area contributed by atoms with E-state index in [9.17, 15) is 4.79 Å². The first-order valence-electron chi connectivity index (χ1n) is 6.66. The molecule has 0 amide bonds. The molecule has 0 unspecified atom stereocenters. The normalized spacial score (nSPS) is 11.2. The molecular formula is C14H20N4O2. The Kier molecular flexibility index (Phi) is 4.34. The molecule has 6 nitrogen and oxygen atoms in total. The zero-order valence-corrected chi connectivity index (χ0v) is 12.4. The lowest BCUT2D eigenvalue weighted by Crippen LogP contribution is -2.27. The van der Waals surface area contributed by atoms with Crippen molar-refractivity contribution >= 4 is 11.7 Å². The summed E-state index contributed by atoms with van der Waals surface area (Å²) in [4.78, 5) is 22.2. The fourth-order valence-electron chi connectivity index (χ4n) is 2.15. The summed E-state index contributed by atoms with van der Waals surface area (Å²) in [6.07, 6.45) is 1.96. The fraction of sp³-hybridized carbons (Fsp3) is 0.500. The van der Waals surface area contributed by atoms with Crippen molar-refractivity contribution in [2.24, 2.45) is 0 Å². The van der Waals surface area contributed by atoms with Crippen LogP contribution >= 0.6 is 0 Å². The maximum Gasteiger partial charge on any atom is 0.320 e. The maximum absolute atomic E-state index is 11.4. The number of imidazole rings is 1. The molecule has 0 aliphatic heterocycles. The molecule has 0 bridgehead atoms. The van der Waals surface area contributed by atoms with Crippen LogP contribution in [0.25, 0.3) is 5.78 Å². The van der Waals surface area contributed by atoms with E-state index in [-0.39, 0.29) is 12.5 Å². The number of fused-ring (bicyclic) bond motifs is 1. The third-order valence-corrected chi connectivity index (χ3v) is 2.95. The summed E-state index contributed by atoms with van der Waals surface area (Å²) in [6.45, 7) is 7.03. The summed E-state index contributed by atoms with van der Waals surface area (Å²) in [7, 11) is 1.87. The largest absolute Gasteiger partial charge is 0.465 e. The van der Waals surface area contributed by atoms with E-state index in [4.69, 9.17) is 4.74 Å². The van der Waals surface area contributed by atoms with Gasteiger partial charge in [-0.2, -0.15) is 0 Å². The maximum atomic E-state index is 11.4. The fourth-order valence-corrected chi connectivity index (χ4v) is 2.15. The van der Waals surface area contributed by atoms with E-state index >= 15 is 0 Å². The molecule has 0 aliphatic rings. The highest BCUT2D eigenvalue weighted by molar-refractivity contribution is 5.71. The van der Waals surface area contributed by atoms with Gasteiger partial charge in [0, 0.05) is 24.1 Å². The molecule has 0 fully saturated rings. The van der Waals surface area contributed by atoms with Crippen LogP contribution in [0, 0.1) is 13.8 Å². The summed E-state index contributed by atoms with van der Waals surface area (Å²) in [5.41, 5.74) is 2.93. The van der Waals surface area contributed by atoms with E-state index in [0.29, 0.717) is 18.9 Å². The summed E-state index contributed by atoms with van der Waals surface area (Å²) in [5.74, 6) is 0.478. The Bertz CT molecular complexity index is 621. The van der Waals surface area contributed by atoms with Crippen LogP contribution in [-0.2, 0) is 16.1 Å². The predicted octanol–water partition coefficient (Wildman–Crippen LogP) is 1.34. The Labute approximate surface area is 118 Å². The third kappa shape index (κ3) is 3.33. The molecule has 2 aromatic heterocycles. The Morgan fingerprint density at radius 2 is 2.15 bits per heavy atom. The summed E-state index contributed by atoms with van der Waals surface area (Å²) in [6, 6.07) is 2.01. The first-order chi connectivity index (χ1) is 9.49. The second-order valence-electron chi connectivity index (χ2n) is 4.92. The van der Waals surface area contributed by atoms with Crippen LogP contribution < -0.4 is 0 Å². The molecular weight excluding hydrogens is 256 g/mol. The Hall–Kier alpha value is -1.95. The monoisotopic (exact) mass is 276 g/mol. The minimum absolute atomic E-state index is 0.219. The molecule has 20 heavy (non-hydrogen) atoms. The van der Waals surface area contributed by atoms with E-state index in [2.05, 4.69) is 9.97 Å². The van der Waals surface area contributed by atoms with Crippen molar-refractivity contribution in [3.05, 3.63) is 29.3 Å². The van der Waals surface area contributed by atoms with Gasteiger partial charge in [-0.05, 0) is 33.9 Å². The molecule has 6 heteroatoms. The minimum atomic E-state index is -0.219. The minimum Gasteiger partial charge on any atom is -0.465 e. The first-order valence-corrected chi connectivity index (χ1v) is 6.66. The molecule has 0 saturated carbocycles. The van der Waals surface area contributed by atoms with Crippen LogP contribution in [0.4, 0.5) is 0 Å². The SMILES string of the molecule is CCOC(=O)CN(C)Cc1cn2c(C)cc(C)nc2n1. The molecule has 2 aromatic rings. The van der Waals surface area contributed by atoms with Crippen molar-refractivity contribution < 1.29 is 9.53 Å². The Morgan fingerprint density at radius 3 is 2.85 bits per heavy atom. The van der Waals surface area contributed by atoms with Gasteiger partial charge in [0.2, 0.25) is 5.78 Å². The Morgan fingerprint density at radius 1 is 1.40 bits per heavy atom. The van der Waals surface area contributed by atoms with Crippen molar-refractivity contribution in [1.82, 2.24) is 19.3 Å². The zero-order chi connectivity index (χ0) is 14.7. The number of hydrogen-bond acceptors (Lipinski definition) is 5. The number of carbonyl (C=O) groups is 1. The van der Waals surface area contributed by atoms with E-state index in [0.717, 1.165) is 17.1 Å². The molecule has 108 valence electrons. The number of hydrogen-bond donors (Lipinski definition) is 0. The number of rotatable bonds is 5. The standard InChI is InChI=1S/C14H20N4O2/c1-5-20-13(19)9-17(4)7-12-8-18-11(3)6-10(2)15-14(18)16-12/h6,8H,5,7,9H2,1-4H3. The van der Waals surface area contributed by atoms with Gasteiger partial charge in [-0.25, -0.2) is 9.97 Å². The molecule has 2 rings (SSSR count). The quantitative estimate of drug-likeness (QED) is 0.771. The number of aromatic nitrogens is 3. The average Bonchev–Trinajstić information content (AvgIpc) is 2.71. The topological polar surface area (TPSA) is 59.7 Å². The molecule has 0 N–H and O–H groups in total. The van der Waals surface area contributed by atoms with Crippen molar-refractivity contribution in [2.45, 2.75) is 27.3 Å².